The van der Waals surface area contributed by atoms with Gasteiger partial charge in [-0.2, -0.15) is 0 Å². The van der Waals surface area contributed by atoms with Crippen LogP contribution in [-0.2, 0) is 0 Å². The Labute approximate surface area is 217 Å². The third kappa shape index (κ3) is 5.12. The first-order chi connectivity index (χ1) is 16.1. The van der Waals surface area contributed by atoms with Gasteiger partial charge in [-0.15, -0.1) is 0 Å². The second kappa shape index (κ2) is 9.88. The van der Waals surface area contributed by atoms with Crippen molar-refractivity contribution in [2.75, 3.05) is 4.90 Å². The molecule has 1 aliphatic heterocycles. The highest BCUT2D eigenvalue weighted by Crippen LogP contribution is 2.42. The summed E-state index contributed by atoms with van der Waals surface area (Å²) in [6, 6.07) is 12.7. The third-order valence-electron chi connectivity index (χ3n) is 6.64. The maximum absolute atomic E-state index is 10.1. The molecule has 2 aromatic rings. The van der Waals surface area contributed by atoms with E-state index in [4.69, 9.17) is 40.4 Å². The molecule has 2 aromatic carbocycles. The van der Waals surface area contributed by atoms with Crippen LogP contribution in [0.4, 0.5) is 5.69 Å². The highest BCUT2D eigenvalue weighted by molar-refractivity contribution is 7.80. The van der Waals surface area contributed by atoms with Crippen LogP contribution in [-0.4, -0.2) is 27.6 Å². The van der Waals surface area contributed by atoms with E-state index in [1.807, 2.05) is 30.3 Å². The Hall–Kier alpha value is -2.08. The number of aliphatic imine (C=N–C) groups is 1. The third-order valence-corrected chi connectivity index (χ3v) is 7.49. The Morgan fingerprint density at radius 1 is 1.12 bits per heavy atom. The Morgan fingerprint density at radius 3 is 2.50 bits per heavy atom. The standard InChI is InChI=1S/C27H31Cl2N3OS/c1-26(2,3)23(13-11-18-10-12-19(28)16-22(18)29)30-24-27(14-5-4-6-15-27)32(25(34)31-24)20-8-7-9-21(33)17-20/h7-13,16-17,23,33H,4-6,14-15H2,1-3H3,(H,30,31,34)/b13-11+. The molecule has 0 bridgehead atoms. The molecular weight excluding hydrogens is 485 g/mol. The Morgan fingerprint density at radius 2 is 1.85 bits per heavy atom. The molecule has 2 fully saturated rings. The molecule has 4 rings (SSSR count). The summed E-state index contributed by atoms with van der Waals surface area (Å²) >= 11 is 18.3. The van der Waals surface area contributed by atoms with Crippen LogP contribution in [0.3, 0.4) is 0 Å². The number of nitrogens with zero attached hydrogens (tertiary/aromatic N) is 2. The van der Waals surface area contributed by atoms with Gasteiger partial charge >= 0.3 is 0 Å². The van der Waals surface area contributed by atoms with Gasteiger partial charge in [0.25, 0.3) is 0 Å². The van der Waals surface area contributed by atoms with Gasteiger partial charge in [0, 0.05) is 21.8 Å². The Bertz CT molecular complexity index is 1130. The topological polar surface area (TPSA) is 47.9 Å². The second-order valence-corrected chi connectivity index (χ2v) is 11.4. The maximum atomic E-state index is 10.1. The van der Waals surface area contributed by atoms with Gasteiger partial charge in [-0.3, -0.25) is 4.99 Å². The number of halogens is 2. The summed E-state index contributed by atoms with van der Waals surface area (Å²) in [6.45, 7) is 6.55. The number of hydrogen-bond acceptors (Lipinski definition) is 3. The van der Waals surface area contributed by atoms with Crippen LogP contribution in [0.2, 0.25) is 10.0 Å². The lowest BCUT2D eigenvalue weighted by atomic mass is 9.79. The van der Waals surface area contributed by atoms with E-state index in [2.05, 4.69) is 37.1 Å². The molecule has 180 valence electrons. The van der Waals surface area contributed by atoms with Gasteiger partial charge in [0.15, 0.2) is 5.11 Å². The van der Waals surface area contributed by atoms with Crippen molar-refractivity contribution < 1.29 is 5.11 Å². The van der Waals surface area contributed by atoms with E-state index in [1.165, 1.54) is 6.42 Å². The first kappa shape index (κ1) is 25.0. The number of thiocarbonyl (C=S) groups is 1. The highest BCUT2D eigenvalue weighted by Gasteiger charge is 2.50. The van der Waals surface area contributed by atoms with Gasteiger partial charge in [0.2, 0.25) is 0 Å². The summed E-state index contributed by atoms with van der Waals surface area (Å²) in [6.07, 6.45) is 9.46. The minimum atomic E-state index is -0.335. The first-order valence-electron chi connectivity index (χ1n) is 11.7. The number of rotatable bonds is 4. The quantitative estimate of drug-likeness (QED) is 0.411. The summed E-state index contributed by atoms with van der Waals surface area (Å²) in [5.41, 5.74) is 1.34. The number of benzene rings is 2. The summed E-state index contributed by atoms with van der Waals surface area (Å²) in [5.74, 6) is 1.14. The van der Waals surface area contributed by atoms with E-state index in [1.54, 1.807) is 18.2 Å². The van der Waals surface area contributed by atoms with Crippen molar-refractivity contribution in [2.45, 2.75) is 64.5 Å². The molecule has 2 aliphatic rings. The number of phenols is 1. The fraction of sp³-hybridized carbons (Fsp3) is 0.407. The minimum Gasteiger partial charge on any atom is -0.508 e. The van der Waals surface area contributed by atoms with Gasteiger partial charge in [-0.05, 0) is 60.3 Å². The molecule has 1 spiro atoms. The number of amidine groups is 1. The molecule has 0 aromatic heterocycles. The molecule has 7 heteroatoms. The average Bonchev–Trinajstić information content (AvgIpc) is 3.02. The van der Waals surface area contributed by atoms with Crippen molar-refractivity contribution in [3.8, 4) is 5.75 Å². The van der Waals surface area contributed by atoms with E-state index >= 15 is 0 Å². The number of hydrogen-bond donors (Lipinski definition) is 2. The van der Waals surface area contributed by atoms with Crippen LogP contribution in [0.5, 0.6) is 5.75 Å². The largest absolute Gasteiger partial charge is 0.508 e. The number of aromatic hydroxyl groups is 1. The van der Waals surface area contributed by atoms with Gasteiger partial charge < -0.3 is 15.3 Å². The van der Waals surface area contributed by atoms with Crippen molar-refractivity contribution in [3.63, 3.8) is 0 Å². The molecule has 0 amide bonds. The number of anilines is 1. The molecular formula is C27H31Cl2N3OS. The average molecular weight is 517 g/mol. The van der Waals surface area contributed by atoms with Crippen LogP contribution < -0.4 is 10.2 Å². The van der Waals surface area contributed by atoms with E-state index in [9.17, 15) is 5.11 Å². The normalized spacial score (nSPS) is 20.3. The zero-order valence-corrected chi connectivity index (χ0v) is 22.1. The van der Waals surface area contributed by atoms with Crippen molar-refractivity contribution in [1.29, 1.82) is 0 Å². The second-order valence-electron chi connectivity index (χ2n) is 10.2. The van der Waals surface area contributed by atoms with Gasteiger partial charge in [-0.1, -0.05) is 87.5 Å². The van der Waals surface area contributed by atoms with E-state index in [0.29, 0.717) is 15.2 Å². The van der Waals surface area contributed by atoms with Crippen LogP contribution in [0.1, 0.15) is 58.4 Å². The van der Waals surface area contributed by atoms with Crippen molar-refractivity contribution >= 4 is 58.1 Å². The molecule has 34 heavy (non-hydrogen) atoms. The molecule has 1 saturated carbocycles. The minimum absolute atomic E-state index is 0.104. The summed E-state index contributed by atoms with van der Waals surface area (Å²) < 4.78 is 0. The summed E-state index contributed by atoms with van der Waals surface area (Å²) in [4.78, 5) is 7.46. The molecule has 4 nitrogen and oxygen atoms in total. The van der Waals surface area contributed by atoms with Gasteiger partial charge in [-0.25, -0.2) is 0 Å². The van der Waals surface area contributed by atoms with E-state index in [-0.39, 0.29) is 22.7 Å². The maximum Gasteiger partial charge on any atom is 0.179 e. The van der Waals surface area contributed by atoms with Gasteiger partial charge in [0.1, 0.15) is 17.1 Å². The predicted molar refractivity (Wildman–Crippen MR) is 148 cm³/mol. The Balaban J connectivity index is 1.75. The van der Waals surface area contributed by atoms with Crippen LogP contribution in [0, 0.1) is 5.41 Å². The van der Waals surface area contributed by atoms with E-state index < -0.39 is 0 Å². The number of phenolic OH excluding ortho intramolecular Hbond substituents is 1. The van der Waals surface area contributed by atoms with Crippen LogP contribution in [0.15, 0.2) is 53.5 Å². The highest BCUT2D eigenvalue weighted by atomic mass is 35.5. The van der Waals surface area contributed by atoms with E-state index in [0.717, 1.165) is 42.8 Å². The predicted octanol–water partition coefficient (Wildman–Crippen LogP) is 7.62. The van der Waals surface area contributed by atoms with Crippen molar-refractivity contribution in [1.82, 2.24) is 5.32 Å². The number of nitrogens with one attached hydrogen (secondary N) is 1. The Kier molecular flexibility index (Phi) is 7.28. The van der Waals surface area contributed by atoms with Crippen molar-refractivity contribution in [3.05, 3.63) is 64.1 Å². The summed E-state index contributed by atoms with van der Waals surface area (Å²) in [7, 11) is 0. The summed E-state index contributed by atoms with van der Waals surface area (Å²) in [5, 5.41) is 15.4. The fourth-order valence-electron chi connectivity index (χ4n) is 4.82. The SMILES string of the molecule is CC(C)(C)C(/C=C/c1ccc(Cl)cc1Cl)N=C1NC(=S)N(c2cccc(O)c2)C12CCCCC2. The first-order valence-corrected chi connectivity index (χ1v) is 12.9. The van der Waals surface area contributed by atoms with Crippen molar-refractivity contribution in [2.24, 2.45) is 10.4 Å². The fourth-order valence-corrected chi connectivity index (χ4v) is 5.66. The smallest absolute Gasteiger partial charge is 0.179 e. The molecule has 1 heterocycles. The molecule has 1 atom stereocenters. The zero-order chi connectivity index (χ0) is 24.5. The lowest BCUT2D eigenvalue weighted by Crippen LogP contribution is -2.51. The lowest BCUT2D eigenvalue weighted by Gasteiger charge is -2.41. The molecule has 1 unspecified atom stereocenters. The van der Waals surface area contributed by atoms with Crippen LogP contribution >= 0.6 is 35.4 Å². The molecule has 1 aliphatic carbocycles. The molecule has 2 N–H and O–H groups in total. The van der Waals surface area contributed by atoms with Gasteiger partial charge in [0.05, 0.1) is 6.04 Å². The molecule has 0 radical (unpaired) electrons. The van der Waals surface area contributed by atoms with Crippen LogP contribution in [0.25, 0.3) is 6.08 Å². The zero-order valence-electron chi connectivity index (χ0n) is 19.8. The monoisotopic (exact) mass is 515 g/mol. The molecule has 1 saturated heterocycles. The lowest BCUT2D eigenvalue weighted by molar-refractivity contribution is 0.357.